The highest BCUT2D eigenvalue weighted by Crippen LogP contribution is 2.28. The molecule has 0 spiro atoms. The topological polar surface area (TPSA) is 26.0 Å². The number of alkyl halides is 2. The second kappa shape index (κ2) is 4.94. The van der Waals surface area contributed by atoms with Crippen molar-refractivity contribution in [1.29, 1.82) is 0 Å². The lowest BCUT2D eigenvalue weighted by molar-refractivity contribution is 0.127. The van der Waals surface area contributed by atoms with Crippen molar-refractivity contribution in [2.24, 2.45) is 5.73 Å². The zero-order chi connectivity index (χ0) is 11.6. The summed E-state index contributed by atoms with van der Waals surface area (Å²) in [5.41, 5.74) is 4.78. The van der Waals surface area contributed by atoms with Crippen LogP contribution in [0.4, 0.5) is 17.6 Å². The van der Waals surface area contributed by atoms with Gasteiger partial charge in [-0.15, -0.1) is 0 Å². The maximum atomic E-state index is 13.4. The minimum Gasteiger partial charge on any atom is -0.324 e. The minimum atomic E-state index is -2.70. The van der Waals surface area contributed by atoms with Crippen LogP contribution in [0, 0.1) is 11.6 Å². The fraction of sp³-hybridized carbons (Fsp3) is 0.333. The average Bonchev–Trinajstić information content (AvgIpc) is 2.11. The van der Waals surface area contributed by atoms with Gasteiger partial charge in [0, 0.05) is 18.0 Å². The number of benzene rings is 1. The zero-order valence-electron chi connectivity index (χ0n) is 7.48. The Morgan fingerprint density at radius 1 is 1.27 bits per heavy atom. The first kappa shape index (κ1) is 12.4. The van der Waals surface area contributed by atoms with Crippen molar-refractivity contribution >= 4 is 15.9 Å². The number of nitrogens with two attached hydrogens (primary N) is 1. The molecular weight excluding hydrogens is 278 g/mol. The van der Waals surface area contributed by atoms with Crippen molar-refractivity contribution in [1.82, 2.24) is 0 Å². The molecule has 0 fully saturated rings. The fourth-order valence-corrected chi connectivity index (χ4v) is 1.54. The molecule has 0 aliphatic heterocycles. The quantitative estimate of drug-likeness (QED) is 0.669. The zero-order valence-corrected chi connectivity index (χ0v) is 9.07. The van der Waals surface area contributed by atoms with Gasteiger partial charge < -0.3 is 5.73 Å². The van der Waals surface area contributed by atoms with Gasteiger partial charge in [-0.1, -0.05) is 0 Å². The smallest absolute Gasteiger partial charge is 0.240 e. The molecule has 0 aromatic heterocycles. The summed E-state index contributed by atoms with van der Waals surface area (Å²) in [7, 11) is 0. The summed E-state index contributed by atoms with van der Waals surface area (Å²) in [5.74, 6) is -1.84. The van der Waals surface area contributed by atoms with Crippen LogP contribution < -0.4 is 5.73 Å². The van der Waals surface area contributed by atoms with Gasteiger partial charge in [-0.3, -0.25) is 0 Å². The first-order chi connectivity index (χ1) is 6.93. The van der Waals surface area contributed by atoms with Crippen LogP contribution in [-0.4, -0.2) is 6.43 Å². The maximum absolute atomic E-state index is 13.4. The molecule has 0 saturated carbocycles. The summed E-state index contributed by atoms with van der Waals surface area (Å²) < 4.78 is 50.5. The molecule has 1 nitrogen and oxygen atoms in total. The van der Waals surface area contributed by atoms with Crippen LogP contribution in [0.25, 0.3) is 0 Å². The van der Waals surface area contributed by atoms with Crippen LogP contribution in [0.15, 0.2) is 16.6 Å². The lowest BCUT2D eigenvalue weighted by atomic mass is 10.0. The maximum Gasteiger partial charge on any atom is 0.240 e. The Balaban J connectivity index is 3.07. The van der Waals surface area contributed by atoms with Crippen molar-refractivity contribution in [3.05, 3.63) is 33.8 Å². The van der Waals surface area contributed by atoms with Gasteiger partial charge in [-0.2, -0.15) is 0 Å². The summed E-state index contributed by atoms with van der Waals surface area (Å²) in [5, 5.41) is 0. The molecule has 6 heteroatoms. The first-order valence-corrected chi connectivity index (χ1v) is 4.90. The Labute approximate surface area is 92.4 Å². The molecule has 0 heterocycles. The van der Waals surface area contributed by atoms with Crippen LogP contribution in [0.2, 0.25) is 0 Å². The summed E-state index contributed by atoms with van der Waals surface area (Å²) in [6, 6.07) is 0.791. The minimum absolute atomic E-state index is 0.00335. The number of hydrogen-bond acceptors (Lipinski definition) is 1. The van der Waals surface area contributed by atoms with Gasteiger partial charge in [0.15, 0.2) is 0 Å². The molecule has 0 unspecified atom stereocenters. The van der Waals surface area contributed by atoms with E-state index in [4.69, 9.17) is 5.73 Å². The molecule has 2 N–H and O–H groups in total. The van der Waals surface area contributed by atoms with Gasteiger partial charge in [0.1, 0.15) is 11.6 Å². The molecule has 84 valence electrons. The number of rotatable bonds is 3. The van der Waals surface area contributed by atoms with E-state index in [1.165, 1.54) is 0 Å². The van der Waals surface area contributed by atoms with Gasteiger partial charge in [0.25, 0.3) is 0 Å². The highest BCUT2D eigenvalue weighted by molar-refractivity contribution is 9.10. The molecule has 0 saturated heterocycles. The third kappa shape index (κ3) is 2.92. The van der Waals surface area contributed by atoms with Crippen molar-refractivity contribution < 1.29 is 17.6 Å². The van der Waals surface area contributed by atoms with E-state index < -0.39 is 36.1 Å². The van der Waals surface area contributed by atoms with Crippen molar-refractivity contribution in [3.63, 3.8) is 0 Å². The Kier molecular flexibility index (Phi) is 4.10. The van der Waals surface area contributed by atoms with E-state index in [0.717, 1.165) is 12.1 Å². The van der Waals surface area contributed by atoms with Crippen molar-refractivity contribution in [3.8, 4) is 0 Å². The fourth-order valence-electron chi connectivity index (χ4n) is 1.19. The summed E-state index contributed by atoms with van der Waals surface area (Å²) in [6.45, 7) is 0. The second-order valence-corrected chi connectivity index (χ2v) is 3.84. The second-order valence-electron chi connectivity index (χ2n) is 2.99. The Hall–Kier alpha value is -0.620. The van der Waals surface area contributed by atoms with Crippen LogP contribution in [0.5, 0.6) is 0 Å². The SMILES string of the molecule is N[C@@H](CC(F)F)c1c(F)ccc(Br)c1F. The van der Waals surface area contributed by atoms with Gasteiger partial charge in [-0.05, 0) is 28.1 Å². The largest absolute Gasteiger partial charge is 0.324 e. The van der Waals surface area contributed by atoms with Crippen LogP contribution in [0.3, 0.4) is 0 Å². The summed E-state index contributed by atoms with van der Waals surface area (Å²) in [4.78, 5) is 0. The predicted octanol–water partition coefficient (Wildman–Crippen LogP) is 3.38. The molecule has 15 heavy (non-hydrogen) atoms. The molecule has 0 aliphatic rings. The van der Waals surface area contributed by atoms with Gasteiger partial charge in [-0.25, -0.2) is 17.6 Å². The van der Waals surface area contributed by atoms with Crippen molar-refractivity contribution in [2.75, 3.05) is 0 Å². The number of halogens is 5. The number of hydrogen-bond donors (Lipinski definition) is 1. The van der Waals surface area contributed by atoms with Gasteiger partial charge in [0.2, 0.25) is 6.43 Å². The van der Waals surface area contributed by atoms with E-state index >= 15 is 0 Å². The Bertz CT molecular complexity index is 356. The Morgan fingerprint density at radius 3 is 2.40 bits per heavy atom. The average molecular weight is 286 g/mol. The lowest BCUT2D eigenvalue weighted by Crippen LogP contribution is -2.17. The molecule has 1 atom stereocenters. The molecule has 1 aromatic rings. The molecule has 0 amide bonds. The molecule has 1 aromatic carbocycles. The van der Waals surface area contributed by atoms with E-state index in [9.17, 15) is 17.6 Å². The standard InChI is InChI=1S/C9H8BrF4N/c10-4-1-2-5(11)8(9(4)14)6(15)3-7(12)13/h1-2,6-7H,3,15H2/t6-/m0/s1. The molecule has 0 radical (unpaired) electrons. The van der Waals surface area contributed by atoms with Crippen LogP contribution in [0.1, 0.15) is 18.0 Å². The highest BCUT2D eigenvalue weighted by Gasteiger charge is 2.21. The van der Waals surface area contributed by atoms with E-state index in [2.05, 4.69) is 15.9 Å². The van der Waals surface area contributed by atoms with E-state index in [0.29, 0.717) is 0 Å². The lowest BCUT2D eigenvalue weighted by Gasteiger charge is -2.13. The summed E-state index contributed by atoms with van der Waals surface area (Å²) in [6.07, 6.45) is -3.47. The van der Waals surface area contributed by atoms with Crippen LogP contribution in [-0.2, 0) is 0 Å². The summed E-state index contributed by atoms with van der Waals surface area (Å²) >= 11 is 2.83. The van der Waals surface area contributed by atoms with Gasteiger partial charge >= 0.3 is 0 Å². The van der Waals surface area contributed by atoms with Crippen LogP contribution >= 0.6 is 15.9 Å². The van der Waals surface area contributed by atoms with E-state index in [1.54, 1.807) is 0 Å². The normalized spacial score (nSPS) is 13.3. The monoisotopic (exact) mass is 285 g/mol. The molecule has 1 rings (SSSR count). The molecule has 0 aliphatic carbocycles. The highest BCUT2D eigenvalue weighted by atomic mass is 79.9. The third-order valence-corrected chi connectivity index (χ3v) is 2.49. The van der Waals surface area contributed by atoms with Crippen molar-refractivity contribution in [2.45, 2.75) is 18.9 Å². The van der Waals surface area contributed by atoms with E-state index in [1.807, 2.05) is 0 Å². The van der Waals surface area contributed by atoms with Gasteiger partial charge in [0.05, 0.1) is 4.47 Å². The first-order valence-electron chi connectivity index (χ1n) is 4.10. The Morgan fingerprint density at radius 2 is 1.87 bits per heavy atom. The third-order valence-electron chi connectivity index (χ3n) is 1.88. The molecular formula is C9H8BrF4N. The predicted molar refractivity (Wildman–Crippen MR) is 51.6 cm³/mol. The molecule has 0 bridgehead atoms. The van der Waals surface area contributed by atoms with E-state index in [-0.39, 0.29) is 4.47 Å².